The highest BCUT2D eigenvalue weighted by Crippen LogP contribution is 2.42. The summed E-state index contributed by atoms with van der Waals surface area (Å²) in [4.78, 5) is 13.3. The van der Waals surface area contributed by atoms with Crippen LogP contribution in [-0.4, -0.2) is 63.2 Å². The zero-order valence-corrected chi connectivity index (χ0v) is 16.4. The van der Waals surface area contributed by atoms with Crippen molar-refractivity contribution in [2.45, 2.75) is 37.4 Å². The smallest absolute Gasteiger partial charge is 0.115 e. The molecule has 1 aromatic carbocycles. The molecule has 0 bridgehead atoms. The molecule has 4 rings (SSSR count). The Balaban J connectivity index is 1.54. The summed E-state index contributed by atoms with van der Waals surface area (Å²) in [7, 11) is 0. The maximum atomic E-state index is 9.99. The summed E-state index contributed by atoms with van der Waals surface area (Å²) in [5, 5.41) is 9.99. The van der Waals surface area contributed by atoms with Gasteiger partial charge in [-0.1, -0.05) is 28.1 Å². The number of hydrogen-bond acceptors (Lipinski definition) is 5. The fraction of sp³-hybridized carbons (Fsp3) is 0.500. The predicted molar refractivity (Wildman–Crippen MR) is 105 cm³/mol. The molecule has 2 aromatic rings. The van der Waals surface area contributed by atoms with E-state index in [0.29, 0.717) is 12.0 Å². The number of aliphatic hydroxyl groups is 1. The minimum atomic E-state index is 0.226. The van der Waals surface area contributed by atoms with Crippen molar-refractivity contribution in [2.24, 2.45) is 0 Å². The van der Waals surface area contributed by atoms with E-state index < -0.39 is 0 Å². The molecular formula is C20H25BrN4O. The first-order valence-electron chi connectivity index (χ1n) is 9.34. The Hall–Kier alpha value is -1.34. The Labute approximate surface area is 163 Å². The van der Waals surface area contributed by atoms with Gasteiger partial charge in [0.1, 0.15) is 6.33 Å². The molecule has 2 saturated heterocycles. The molecule has 1 N–H and O–H groups in total. The van der Waals surface area contributed by atoms with Gasteiger partial charge in [-0.3, -0.25) is 9.80 Å². The second-order valence-corrected chi connectivity index (χ2v) is 8.24. The molecule has 1 aromatic heterocycles. The fourth-order valence-electron chi connectivity index (χ4n) is 4.51. The van der Waals surface area contributed by atoms with Gasteiger partial charge in [-0.15, -0.1) is 0 Å². The Morgan fingerprint density at radius 2 is 1.81 bits per heavy atom. The van der Waals surface area contributed by atoms with Gasteiger partial charge in [0, 0.05) is 53.5 Å². The first kappa shape index (κ1) is 18.0. The van der Waals surface area contributed by atoms with Gasteiger partial charge in [-0.2, -0.15) is 0 Å². The molecule has 0 aliphatic carbocycles. The average Bonchev–Trinajstić information content (AvgIpc) is 2.65. The Kier molecular flexibility index (Phi) is 5.64. The van der Waals surface area contributed by atoms with Gasteiger partial charge >= 0.3 is 0 Å². The summed E-state index contributed by atoms with van der Waals surface area (Å²) in [5.74, 6) is 0.390. The molecular weight excluding hydrogens is 392 g/mol. The van der Waals surface area contributed by atoms with Gasteiger partial charge in [0.15, 0.2) is 0 Å². The number of aromatic nitrogens is 2. The Morgan fingerprint density at radius 1 is 1.08 bits per heavy atom. The largest absolute Gasteiger partial charge is 0.395 e. The predicted octanol–water partition coefficient (Wildman–Crippen LogP) is 2.66. The number of halogens is 1. The topological polar surface area (TPSA) is 52.5 Å². The van der Waals surface area contributed by atoms with Crippen LogP contribution in [0.5, 0.6) is 0 Å². The molecule has 138 valence electrons. The van der Waals surface area contributed by atoms with E-state index in [2.05, 4.69) is 60.0 Å². The molecule has 3 heterocycles. The number of hydrogen-bond donors (Lipinski definition) is 1. The lowest BCUT2D eigenvalue weighted by atomic mass is 9.74. The van der Waals surface area contributed by atoms with E-state index in [0.717, 1.165) is 36.2 Å². The Bertz CT molecular complexity index is 712. The van der Waals surface area contributed by atoms with E-state index >= 15 is 0 Å². The van der Waals surface area contributed by atoms with Crippen LogP contribution in [0.2, 0.25) is 0 Å². The Morgan fingerprint density at radius 3 is 2.54 bits per heavy atom. The standard InChI is InChI=1S/C20H25BrN4O/c21-17-5-3-16(4-6-17)20-18-12-24(11-15-9-22-14-23-10-15)7-1-2-8-25(18)19(20)13-26/h3-6,9-10,14,18-20,26H,1-2,7-8,11-13H2/t18-,19-,20-/m1/s1. The number of fused-ring (bicyclic) bond motifs is 1. The van der Waals surface area contributed by atoms with E-state index in [1.54, 1.807) is 6.33 Å². The summed E-state index contributed by atoms with van der Waals surface area (Å²) in [6.45, 7) is 4.33. The lowest BCUT2D eigenvalue weighted by Crippen LogP contribution is -2.67. The third-order valence-corrected chi connectivity index (χ3v) is 6.26. The lowest BCUT2D eigenvalue weighted by molar-refractivity contribution is -0.0655. The van der Waals surface area contributed by atoms with E-state index in [-0.39, 0.29) is 12.6 Å². The number of nitrogens with zero attached hydrogens (tertiary/aromatic N) is 4. The van der Waals surface area contributed by atoms with Gasteiger partial charge < -0.3 is 5.11 Å². The third-order valence-electron chi connectivity index (χ3n) is 5.73. The van der Waals surface area contributed by atoms with Crippen LogP contribution in [-0.2, 0) is 6.54 Å². The summed E-state index contributed by atoms with van der Waals surface area (Å²) >= 11 is 3.53. The first-order valence-corrected chi connectivity index (χ1v) is 10.1. The fourth-order valence-corrected chi connectivity index (χ4v) is 4.77. The van der Waals surface area contributed by atoms with Crippen LogP contribution in [0, 0.1) is 0 Å². The average molecular weight is 417 g/mol. The molecule has 6 heteroatoms. The van der Waals surface area contributed by atoms with Crippen molar-refractivity contribution in [1.29, 1.82) is 0 Å². The van der Waals surface area contributed by atoms with Crippen molar-refractivity contribution in [3.05, 3.63) is 58.6 Å². The van der Waals surface area contributed by atoms with Crippen LogP contribution >= 0.6 is 15.9 Å². The molecule has 3 atom stereocenters. The molecule has 2 aliphatic heterocycles. The van der Waals surface area contributed by atoms with Crippen molar-refractivity contribution < 1.29 is 5.11 Å². The van der Waals surface area contributed by atoms with Gasteiger partial charge in [-0.25, -0.2) is 9.97 Å². The van der Waals surface area contributed by atoms with E-state index in [1.165, 1.54) is 18.4 Å². The second-order valence-electron chi connectivity index (χ2n) is 7.32. The quantitative estimate of drug-likeness (QED) is 0.829. The lowest BCUT2D eigenvalue weighted by Gasteiger charge is -2.57. The van der Waals surface area contributed by atoms with Gasteiger partial charge in [0.05, 0.1) is 6.61 Å². The van der Waals surface area contributed by atoms with E-state index in [9.17, 15) is 5.11 Å². The molecule has 26 heavy (non-hydrogen) atoms. The van der Waals surface area contributed by atoms with Crippen LogP contribution in [0.15, 0.2) is 47.5 Å². The van der Waals surface area contributed by atoms with Crippen molar-refractivity contribution in [2.75, 3.05) is 26.2 Å². The van der Waals surface area contributed by atoms with Crippen molar-refractivity contribution in [1.82, 2.24) is 19.8 Å². The van der Waals surface area contributed by atoms with Crippen molar-refractivity contribution >= 4 is 15.9 Å². The number of aliphatic hydroxyl groups excluding tert-OH is 1. The molecule has 0 saturated carbocycles. The van der Waals surface area contributed by atoms with Gasteiger partial charge in [-0.05, 0) is 43.6 Å². The highest BCUT2D eigenvalue weighted by atomic mass is 79.9. The summed E-state index contributed by atoms with van der Waals surface area (Å²) in [6, 6.07) is 9.30. The van der Waals surface area contributed by atoms with E-state index in [1.807, 2.05) is 12.4 Å². The van der Waals surface area contributed by atoms with Gasteiger partial charge in [0.25, 0.3) is 0 Å². The monoisotopic (exact) mass is 416 g/mol. The molecule has 5 nitrogen and oxygen atoms in total. The zero-order chi connectivity index (χ0) is 17.9. The minimum absolute atomic E-state index is 0.226. The van der Waals surface area contributed by atoms with Crippen molar-refractivity contribution in [3.8, 4) is 0 Å². The van der Waals surface area contributed by atoms with Crippen LogP contribution in [0.4, 0.5) is 0 Å². The highest BCUT2D eigenvalue weighted by Gasteiger charge is 2.48. The van der Waals surface area contributed by atoms with E-state index in [4.69, 9.17) is 0 Å². The number of rotatable bonds is 4. The number of benzene rings is 1. The maximum absolute atomic E-state index is 9.99. The van der Waals surface area contributed by atoms with Crippen LogP contribution in [0.1, 0.15) is 29.9 Å². The second kappa shape index (κ2) is 8.13. The summed E-state index contributed by atoms with van der Waals surface area (Å²) in [5.41, 5.74) is 2.50. The zero-order valence-electron chi connectivity index (χ0n) is 14.8. The summed E-state index contributed by atoms with van der Waals surface area (Å²) in [6.07, 6.45) is 7.78. The van der Waals surface area contributed by atoms with Crippen LogP contribution < -0.4 is 0 Å². The van der Waals surface area contributed by atoms with Crippen molar-refractivity contribution in [3.63, 3.8) is 0 Å². The SMILES string of the molecule is OC[C@@H]1[C@H](c2ccc(Br)cc2)[C@H]2CN(Cc3cncnc3)CCCCN12. The molecule has 0 radical (unpaired) electrons. The van der Waals surface area contributed by atoms with Crippen LogP contribution in [0.3, 0.4) is 0 Å². The molecule has 0 unspecified atom stereocenters. The molecule has 0 spiro atoms. The molecule has 0 amide bonds. The minimum Gasteiger partial charge on any atom is -0.395 e. The molecule has 2 aliphatic rings. The van der Waals surface area contributed by atoms with Crippen LogP contribution in [0.25, 0.3) is 0 Å². The highest BCUT2D eigenvalue weighted by molar-refractivity contribution is 9.10. The normalized spacial score (nSPS) is 27.2. The first-order chi connectivity index (χ1) is 12.8. The third kappa shape index (κ3) is 3.69. The van der Waals surface area contributed by atoms with Gasteiger partial charge in [0.2, 0.25) is 0 Å². The maximum Gasteiger partial charge on any atom is 0.115 e. The molecule has 2 fully saturated rings. The summed E-state index contributed by atoms with van der Waals surface area (Å²) < 4.78 is 1.10.